The Hall–Kier alpha value is -0.0800. The summed E-state index contributed by atoms with van der Waals surface area (Å²) in [7, 11) is 0. The van der Waals surface area contributed by atoms with Crippen LogP contribution in [0.2, 0.25) is 0 Å². The van der Waals surface area contributed by atoms with Crippen LogP contribution in [0, 0.1) is 23.2 Å². The minimum Gasteiger partial charge on any atom is -0.316 e. The maximum Gasteiger partial charge on any atom is 0.000509 e. The summed E-state index contributed by atoms with van der Waals surface area (Å²) in [6.45, 7) is 16.3. The molecule has 1 rings (SSSR count). The van der Waals surface area contributed by atoms with E-state index in [2.05, 4.69) is 45.3 Å². The molecular formula is C13H28N2. The number of rotatable bonds is 5. The summed E-state index contributed by atoms with van der Waals surface area (Å²) in [5, 5.41) is 7.09. The monoisotopic (exact) mass is 212 g/mol. The molecule has 90 valence electrons. The molecule has 0 aromatic heterocycles. The Morgan fingerprint density at radius 2 is 2.00 bits per heavy atom. The van der Waals surface area contributed by atoms with Crippen LogP contribution in [0.4, 0.5) is 0 Å². The Kier molecular flexibility index (Phi) is 4.60. The molecule has 0 amide bonds. The van der Waals surface area contributed by atoms with E-state index < -0.39 is 0 Å². The van der Waals surface area contributed by atoms with Crippen LogP contribution in [0.25, 0.3) is 0 Å². The van der Waals surface area contributed by atoms with E-state index in [9.17, 15) is 0 Å². The summed E-state index contributed by atoms with van der Waals surface area (Å²) in [6.07, 6.45) is 0. The molecule has 2 N–H and O–H groups in total. The second-order valence-corrected chi connectivity index (χ2v) is 6.17. The lowest BCUT2D eigenvalue weighted by molar-refractivity contribution is 0.231. The van der Waals surface area contributed by atoms with Crippen molar-refractivity contribution in [1.82, 2.24) is 10.6 Å². The maximum atomic E-state index is 3.64. The lowest BCUT2D eigenvalue weighted by atomic mass is 9.81. The van der Waals surface area contributed by atoms with Crippen molar-refractivity contribution in [3.63, 3.8) is 0 Å². The van der Waals surface area contributed by atoms with E-state index in [1.54, 1.807) is 0 Å². The number of nitrogens with one attached hydrogen (secondary N) is 2. The molecule has 1 fully saturated rings. The molecule has 0 aromatic carbocycles. The molecule has 0 aliphatic carbocycles. The van der Waals surface area contributed by atoms with Gasteiger partial charge in [0.25, 0.3) is 0 Å². The zero-order chi connectivity index (χ0) is 11.5. The maximum absolute atomic E-state index is 3.64. The van der Waals surface area contributed by atoms with E-state index in [-0.39, 0.29) is 0 Å². The predicted octanol–water partition coefficient (Wildman–Crippen LogP) is 2.11. The minimum atomic E-state index is 0.412. The predicted molar refractivity (Wildman–Crippen MR) is 67.0 cm³/mol. The van der Waals surface area contributed by atoms with E-state index in [0.29, 0.717) is 5.41 Å². The molecular weight excluding hydrogens is 184 g/mol. The highest BCUT2D eigenvalue weighted by Gasteiger charge is 2.25. The van der Waals surface area contributed by atoms with Crippen molar-refractivity contribution in [3.05, 3.63) is 0 Å². The van der Waals surface area contributed by atoms with Crippen LogP contribution in [0.5, 0.6) is 0 Å². The van der Waals surface area contributed by atoms with Crippen LogP contribution in [0.15, 0.2) is 0 Å². The Morgan fingerprint density at radius 3 is 2.47 bits per heavy atom. The van der Waals surface area contributed by atoms with E-state index in [1.807, 2.05) is 0 Å². The van der Waals surface area contributed by atoms with Gasteiger partial charge in [-0.1, -0.05) is 34.6 Å². The third kappa shape index (κ3) is 3.76. The number of hydrogen-bond donors (Lipinski definition) is 2. The summed E-state index contributed by atoms with van der Waals surface area (Å²) < 4.78 is 0. The lowest BCUT2D eigenvalue weighted by Crippen LogP contribution is -2.37. The Morgan fingerprint density at radius 1 is 1.33 bits per heavy atom. The summed E-state index contributed by atoms with van der Waals surface area (Å²) in [4.78, 5) is 0. The second-order valence-electron chi connectivity index (χ2n) is 6.17. The Labute approximate surface area is 95.2 Å². The van der Waals surface area contributed by atoms with E-state index in [1.165, 1.54) is 19.6 Å². The van der Waals surface area contributed by atoms with Crippen molar-refractivity contribution in [1.29, 1.82) is 0 Å². The zero-order valence-electron chi connectivity index (χ0n) is 11.1. The van der Waals surface area contributed by atoms with Gasteiger partial charge in [-0.25, -0.2) is 0 Å². The molecule has 1 aliphatic heterocycles. The highest BCUT2D eigenvalue weighted by Crippen LogP contribution is 2.25. The highest BCUT2D eigenvalue weighted by molar-refractivity contribution is 4.81. The topological polar surface area (TPSA) is 24.1 Å². The molecule has 1 heterocycles. The summed E-state index contributed by atoms with van der Waals surface area (Å²) in [5.74, 6) is 2.40. The molecule has 0 radical (unpaired) electrons. The van der Waals surface area contributed by atoms with Crippen LogP contribution in [0.3, 0.4) is 0 Å². The largest absolute Gasteiger partial charge is 0.316 e. The van der Waals surface area contributed by atoms with Gasteiger partial charge in [0.05, 0.1) is 0 Å². The third-order valence-electron chi connectivity index (χ3n) is 4.23. The van der Waals surface area contributed by atoms with Crippen molar-refractivity contribution in [2.75, 3.05) is 26.2 Å². The molecule has 0 bridgehead atoms. The normalized spacial score (nSPS) is 27.6. The molecule has 1 saturated heterocycles. The van der Waals surface area contributed by atoms with Gasteiger partial charge in [0.15, 0.2) is 0 Å². The van der Waals surface area contributed by atoms with Gasteiger partial charge in [0, 0.05) is 6.54 Å². The molecule has 0 aromatic rings. The minimum absolute atomic E-state index is 0.412. The Balaban J connectivity index is 2.21. The molecule has 0 unspecified atom stereocenters. The average molecular weight is 212 g/mol. The van der Waals surface area contributed by atoms with Crippen LogP contribution in [-0.4, -0.2) is 26.2 Å². The first-order valence-electron chi connectivity index (χ1n) is 6.35. The number of hydrogen-bond acceptors (Lipinski definition) is 2. The van der Waals surface area contributed by atoms with Gasteiger partial charge in [-0.2, -0.15) is 0 Å². The standard InChI is InChI=1S/C13H28N2/c1-10(2)13(4,5)9-15-8-12-7-14-6-11(12)3/h10-12,14-15H,6-9H2,1-5H3/t11-,12+/m1/s1. The van der Waals surface area contributed by atoms with E-state index in [4.69, 9.17) is 0 Å². The molecule has 2 atom stereocenters. The van der Waals surface area contributed by atoms with E-state index >= 15 is 0 Å². The first-order valence-corrected chi connectivity index (χ1v) is 6.35. The van der Waals surface area contributed by atoms with Gasteiger partial charge in [-0.15, -0.1) is 0 Å². The quantitative estimate of drug-likeness (QED) is 0.729. The van der Waals surface area contributed by atoms with Gasteiger partial charge >= 0.3 is 0 Å². The van der Waals surface area contributed by atoms with E-state index in [0.717, 1.165) is 24.3 Å². The van der Waals surface area contributed by atoms with Crippen molar-refractivity contribution in [3.8, 4) is 0 Å². The molecule has 2 heteroatoms. The lowest BCUT2D eigenvalue weighted by Gasteiger charge is -2.30. The van der Waals surface area contributed by atoms with Crippen LogP contribution in [-0.2, 0) is 0 Å². The zero-order valence-corrected chi connectivity index (χ0v) is 11.1. The average Bonchev–Trinajstić information content (AvgIpc) is 2.51. The van der Waals surface area contributed by atoms with Gasteiger partial charge in [0.2, 0.25) is 0 Å². The second kappa shape index (κ2) is 5.31. The fourth-order valence-corrected chi connectivity index (χ4v) is 1.92. The molecule has 0 spiro atoms. The SMILES string of the molecule is CC(C)C(C)(C)CNC[C@@H]1CNC[C@H]1C. The summed E-state index contributed by atoms with van der Waals surface area (Å²) in [5.41, 5.74) is 0.412. The fraction of sp³-hybridized carbons (Fsp3) is 1.00. The van der Waals surface area contributed by atoms with Crippen LogP contribution >= 0.6 is 0 Å². The molecule has 0 saturated carbocycles. The highest BCUT2D eigenvalue weighted by atomic mass is 15.0. The summed E-state index contributed by atoms with van der Waals surface area (Å²) in [6, 6.07) is 0. The summed E-state index contributed by atoms with van der Waals surface area (Å²) >= 11 is 0. The first-order chi connectivity index (χ1) is 6.93. The Bertz CT molecular complexity index is 187. The third-order valence-corrected chi connectivity index (χ3v) is 4.23. The molecule has 15 heavy (non-hydrogen) atoms. The van der Waals surface area contributed by atoms with Crippen molar-refractivity contribution >= 4 is 0 Å². The van der Waals surface area contributed by atoms with Crippen molar-refractivity contribution in [2.45, 2.75) is 34.6 Å². The molecule has 2 nitrogen and oxygen atoms in total. The van der Waals surface area contributed by atoms with Gasteiger partial charge < -0.3 is 10.6 Å². The van der Waals surface area contributed by atoms with Crippen LogP contribution < -0.4 is 10.6 Å². The van der Waals surface area contributed by atoms with Crippen LogP contribution in [0.1, 0.15) is 34.6 Å². The smallest absolute Gasteiger partial charge is 0.000509 e. The van der Waals surface area contributed by atoms with Gasteiger partial charge in [0.1, 0.15) is 0 Å². The molecule has 1 aliphatic rings. The van der Waals surface area contributed by atoms with Crippen molar-refractivity contribution in [2.24, 2.45) is 23.2 Å². The first kappa shape index (κ1) is 13.0. The van der Waals surface area contributed by atoms with Crippen molar-refractivity contribution < 1.29 is 0 Å². The van der Waals surface area contributed by atoms with Gasteiger partial charge in [-0.3, -0.25) is 0 Å². The fourth-order valence-electron chi connectivity index (χ4n) is 1.92. The van der Waals surface area contributed by atoms with Gasteiger partial charge in [-0.05, 0) is 42.8 Å².